The Labute approximate surface area is 82.1 Å². The third-order valence-corrected chi connectivity index (χ3v) is 4.41. The van der Waals surface area contributed by atoms with E-state index in [0.717, 1.165) is 30.2 Å². The fourth-order valence-electron chi connectivity index (χ4n) is 3.28. The first kappa shape index (κ1) is 9.51. The van der Waals surface area contributed by atoms with E-state index in [1.807, 2.05) is 0 Å². The molecule has 2 rings (SSSR count). The average Bonchev–Trinajstić information content (AvgIpc) is 2.74. The number of nitrogens with two attached hydrogens (primary N) is 1. The Kier molecular flexibility index (Phi) is 2.18. The summed E-state index contributed by atoms with van der Waals surface area (Å²) in [7, 11) is 0. The lowest BCUT2D eigenvalue weighted by Gasteiger charge is -2.33. The molecule has 0 aliphatic heterocycles. The van der Waals surface area contributed by atoms with Crippen molar-refractivity contribution >= 4 is 0 Å². The number of hydrogen-bond donors (Lipinski definition) is 1. The standard InChI is InChI=1S/C12H23N/c1-12(2,3)8-4-5-9-10(6-8)11(9)7-13/h8-11H,4-7,13H2,1-3H3/t8?,9-,10+,11?/m0/s1. The van der Waals surface area contributed by atoms with Crippen LogP contribution in [0.1, 0.15) is 40.0 Å². The van der Waals surface area contributed by atoms with Crippen molar-refractivity contribution in [1.29, 1.82) is 0 Å². The fourth-order valence-corrected chi connectivity index (χ4v) is 3.28. The lowest BCUT2D eigenvalue weighted by Crippen LogP contribution is -2.23. The van der Waals surface area contributed by atoms with Gasteiger partial charge in [0.05, 0.1) is 0 Å². The van der Waals surface area contributed by atoms with Crippen molar-refractivity contribution in [2.75, 3.05) is 6.54 Å². The van der Waals surface area contributed by atoms with E-state index in [2.05, 4.69) is 20.8 Å². The Bertz CT molecular complexity index is 188. The van der Waals surface area contributed by atoms with E-state index in [-0.39, 0.29) is 0 Å². The van der Waals surface area contributed by atoms with Crippen LogP contribution in [0, 0.1) is 29.1 Å². The van der Waals surface area contributed by atoms with Gasteiger partial charge in [-0.1, -0.05) is 20.8 Å². The number of hydrogen-bond acceptors (Lipinski definition) is 1. The lowest BCUT2D eigenvalue weighted by molar-refractivity contribution is 0.173. The lowest BCUT2D eigenvalue weighted by atomic mass is 9.72. The van der Waals surface area contributed by atoms with Crippen LogP contribution in [0.15, 0.2) is 0 Å². The summed E-state index contributed by atoms with van der Waals surface area (Å²) in [6.45, 7) is 8.10. The highest BCUT2D eigenvalue weighted by Crippen LogP contribution is 2.58. The zero-order valence-electron chi connectivity index (χ0n) is 9.22. The highest BCUT2D eigenvalue weighted by atomic mass is 14.7. The van der Waals surface area contributed by atoms with Gasteiger partial charge in [-0.3, -0.25) is 0 Å². The molecule has 2 fully saturated rings. The van der Waals surface area contributed by atoms with Gasteiger partial charge in [0.25, 0.3) is 0 Å². The van der Waals surface area contributed by atoms with E-state index in [4.69, 9.17) is 5.73 Å². The van der Waals surface area contributed by atoms with Crippen molar-refractivity contribution in [3.8, 4) is 0 Å². The summed E-state index contributed by atoms with van der Waals surface area (Å²) in [4.78, 5) is 0. The minimum Gasteiger partial charge on any atom is -0.330 e. The van der Waals surface area contributed by atoms with Crippen molar-refractivity contribution in [1.82, 2.24) is 0 Å². The molecule has 2 aliphatic carbocycles. The molecule has 0 aromatic rings. The first-order chi connectivity index (χ1) is 6.04. The molecule has 2 saturated carbocycles. The monoisotopic (exact) mass is 181 g/mol. The predicted octanol–water partition coefficient (Wildman–Crippen LogP) is 2.65. The Morgan fingerprint density at radius 1 is 1.15 bits per heavy atom. The summed E-state index contributed by atoms with van der Waals surface area (Å²) in [5.74, 6) is 3.87. The maximum absolute atomic E-state index is 5.75. The van der Waals surface area contributed by atoms with Crippen LogP contribution in [0.3, 0.4) is 0 Å². The first-order valence-electron chi connectivity index (χ1n) is 5.74. The molecule has 1 nitrogen and oxygen atoms in total. The van der Waals surface area contributed by atoms with Gasteiger partial charge >= 0.3 is 0 Å². The third-order valence-electron chi connectivity index (χ3n) is 4.41. The summed E-state index contributed by atoms with van der Waals surface area (Å²) in [6.07, 6.45) is 4.35. The second-order valence-corrected chi connectivity index (χ2v) is 6.10. The van der Waals surface area contributed by atoms with E-state index < -0.39 is 0 Å². The van der Waals surface area contributed by atoms with E-state index in [1.54, 1.807) is 0 Å². The minimum absolute atomic E-state index is 0.521. The molecule has 0 spiro atoms. The Hall–Kier alpha value is -0.0400. The van der Waals surface area contributed by atoms with Crippen LogP contribution in [0.2, 0.25) is 0 Å². The first-order valence-corrected chi connectivity index (χ1v) is 5.74. The molecule has 0 bridgehead atoms. The van der Waals surface area contributed by atoms with E-state index in [9.17, 15) is 0 Å². The SMILES string of the molecule is CC(C)(C)C1CC[C@@H]2C(CN)[C@@H]2C1. The summed E-state index contributed by atoms with van der Waals surface area (Å²) in [6, 6.07) is 0. The van der Waals surface area contributed by atoms with Gasteiger partial charge in [0.1, 0.15) is 0 Å². The van der Waals surface area contributed by atoms with Crippen molar-refractivity contribution in [2.24, 2.45) is 34.8 Å². The second kappa shape index (κ2) is 2.98. The normalized spacial score (nSPS) is 44.3. The van der Waals surface area contributed by atoms with Crippen LogP contribution in [0.5, 0.6) is 0 Å². The van der Waals surface area contributed by atoms with Crippen LogP contribution in [0.25, 0.3) is 0 Å². The Morgan fingerprint density at radius 2 is 1.85 bits per heavy atom. The molecular weight excluding hydrogens is 158 g/mol. The molecule has 0 radical (unpaired) electrons. The number of fused-ring (bicyclic) bond motifs is 1. The molecule has 1 heteroatoms. The highest BCUT2D eigenvalue weighted by molar-refractivity contribution is 5.02. The van der Waals surface area contributed by atoms with Gasteiger partial charge in [0.2, 0.25) is 0 Å². The predicted molar refractivity (Wildman–Crippen MR) is 56.3 cm³/mol. The van der Waals surface area contributed by atoms with Crippen LogP contribution in [-0.4, -0.2) is 6.54 Å². The van der Waals surface area contributed by atoms with E-state index in [1.165, 1.54) is 19.3 Å². The molecule has 13 heavy (non-hydrogen) atoms. The molecule has 76 valence electrons. The van der Waals surface area contributed by atoms with Gasteiger partial charge in [-0.05, 0) is 54.9 Å². The van der Waals surface area contributed by atoms with E-state index in [0.29, 0.717) is 5.41 Å². The highest BCUT2D eigenvalue weighted by Gasteiger charge is 2.52. The van der Waals surface area contributed by atoms with E-state index >= 15 is 0 Å². The van der Waals surface area contributed by atoms with Crippen molar-refractivity contribution in [2.45, 2.75) is 40.0 Å². The molecule has 2 unspecified atom stereocenters. The largest absolute Gasteiger partial charge is 0.330 e. The molecular formula is C12H23N. The Morgan fingerprint density at radius 3 is 2.38 bits per heavy atom. The van der Waals surface area contributed by atoms with Gasteiger partial charge < -0.3 is 5.73 Å². The summed E-state index contributed by atoms with van der Waals surface area (Å²) in [5, 5.41) is 0. The average molecular weight is 181 g/mol. The quantitative estimate of drug-likeness (QED) is 0.661. The molecule has 0 heterocycles. The summed E-state index contributed by atoms with van der Waals surface area (Å²) >= 11 is 0. The number of rotatable bonds is 1. The molecule has 4 atom stereocenters. The van der Waals surface area contributed by atoms with Gasteiger partial charge in [-0.15, -0.1) is 0 Å². The molecule has 0 aromatic heterocycles. The zero-order chi connectivity index (χ0) is 9.64. The topological polar surface area (TPSA) is 26.0 Å². The Balaban J connectivity index is 1.93. The summed E-state index contributed by atoms with van der Waals surface area (Å²) in [5.41, 5.74) is 6.27. The van der Waals surface area contributed by atoms with Crippen LogP contribution >= 0.6 is 0 Å². The third kappa shape index (κ3) is 1.63. The van der Waals surface area contributed by atoms with Gasteiger partial charge in [0, 0.05) is 0 Å². The zero-order valence-corrected chi connectivity index (χ0v) is 9.22. The fraction of sp³-hybridized carbons (Fsp3) is 1.00. The molecule has 2 aliphatic rings. The molecule has 0 amide bonds. The van der Waals surface area contributed by atoms with Gasteiger partial charge in [0.15, 0.2) is 0 Å². The molecule has 0 saturated heterocycles. The van der Waals surface area contributed by atoms with Crippen LogP contribution < -0.4 is 5.73 Å². The van der Waals surface area contributed by atoms with Crippen molar-refractivity contribution in [3.63, 3.8) is 0 Å². The second-order valence-electron chi connectivity index (χ2n) is 6.10. The smallest absolute Gasteiger partial charge is 0.00434 e. The molecule has 2 N–H and O–H groups in total. The minimum atomic E-state index is 0.521. The van der Waals surface area contributed by atoms with Crippen molar-refractivity contribution in [3.05, 3.63) is 0 Å². The maximum atomic E-state index is 5.75. The van der Waals surface area contributed by atoms with Gasteiger partial charge in [-0.2, -0.15) is 0 Å². The van der Waals surface area contributed by atoms with Crippen molar-refractivity contribution < 1.29 is 0 Å². The van der Waals surface area contributed by atoms with Gasteiger partial charge in [-0.25, -0.2) is 0 Å². The van der Waals surface area contributed by atoms with Crippen LogP contribution in [-0.2, 0) is 0 Å². The van der Waals surface area contributed by atoms with Crippen LogP contribution in [0.4, 0.5) is 0 Å². The summed E-state index contributed by atoms with van der Waals surface area (Å²) < 4.78 is 0. The maximum Gasteiger partial charge on any atom is -0.00434 e. The molecule has 0 aromatic carbocycles.